The van der Waals surface area contributed by atoms with Crippen molar-refractivity contribution in [1.29, 1.82) is 0 Å². The van der Waals surface area contributed by atoms with Crippen LogP contribution in [0.2, 0.25) is 0 Å². The van der Waals surface area contributed by atoms with Gasteiger partial charge in [-0.15, -0.1) is 0 Å². The smallest absolute Gasteiger partial charge is 0.253 e. The van der Waals surface area contributed by atoms with E-state index in [9.17, 15) is 4.79 Å². The van der Waals surface area contributed by atoms with Crippen molar-refractivity contribution in [2.75, 3.05) is 17.3 Å². The van der Waals surface area contributed by atoms with Gasteiger partial charge in [0.05, 0.1) is 18.5 Å². The van der Waals surface area contributed by atoms with Gasteiger partial charge >= 0.3 is 0 Å². The van der Waals surface area contributed by atoms with Gasteiger partial charge in [0.1, 0.15) is 11.8 Å². The molecule has 2 aromatic rings. The van der Waals surface area contributed by atoms with Crippen molar-refractivity contribution in [2.24, 2.45) is 0 Å². The number of fused-ring (bicyclic) bond motifs is 1. The molecule has 4 nitrogen and oxygen atoms in total. The zero-order chi connectivity index (χ0) is 14.1. The molecule has 3 rings (SSSR count). The molecule has 1 atom stereocenters. The van der Waals surface area contributed by atoms with E-state index in [0.29, 0.717) is 0 Å². The minimum Gasteiger partial charge on any atom is -0.497 e. The minimum atomic E-state index is -0.244. The number of para-hydroxylation sites is 2. The first-order valence-electron chi connectivity index (χ1n) is 6.54. The van der Waals surface area contributed by atoms with Gasteiger partial charge in [0.25, 0.3) is 5.91 Å². The van der Waals surface area contributed by atoms with Crippen LogP contribution in [0.15, 0.2) is 48.5 Å². The van der Waals surface area contributed by atoms with E-state index in [1.807, 2.05) is 55.5 Å². The van der Waals surface area contributed by atoms with Crippen LogP contribution in [0.25, 0.3) is 0 Å². The zero-order valence-corrected chi connectivity index (χ0v) is 11.5. The van der Waals surface area contributed by atoms with Crippen molar-refractivity contribution in [3.63, 3.8) is 0 Å². The van der Waals surface area contributed by atoms with E-state index in [4.69, 9.17) is 4.74 Å². The molecule has 102 valence electrons. The summed E-state index contributed by atoms with van der Waals surface area (Å²) in [5, 5.41) is 3.22. The highest BCUT2D eigenvalue weighted by molar-refractivity contribution is 6.09. The molecule has 4 heteroatoms. The average molecular weight is 268 g/mol. The Kier molecular flexibility index (Phi) is 3.06. The van der Waals surface area contributed by atoms with E-state index in [1.54, 1.807) is 12.0 Å². The number of carbonyl (C=O) groups is 1. The van der Waals surface area contributed by atoms with Gasteiger partial charge in [0.2, 0.25) is 0 Å². The van der Waals surface area contributed by atoms with Crippen LogP contribution in [-0.4, -0.2) is 19.1 Å². The Morgan fingerprint density at radius 2 is 1.80 bits per heavy atom. The summed E-state index contributed by atoms with van der Waals surface area (Å²) in [5.41, 5.74) is 2.69. The van der Waals surface area contributed by atoms with Crippen molar-refractivity contribution >= 4 is 23.0 Å². The maximum absolute atomic E-state index is 12.5. The van der Waals surface area contributed by atoms with E-state index in [-0.39, 0.29) is 11.9 Å². The predicted molar refractivity (Wildman–Crippen MR) is 79.7 cm³/mol. The molecular weight excluding hydrogens is 252 g/mol. The number of rotatable bonds is 2. The summed E-state index contributed by atoms with van der Waals surface area (Å²) >= 11 is 0. The molecule has 0 saturated carbocycles. The van der Waals surface area contributed by atoms with E-state index in [0.717, 1.165) is 22.8 Å². The number of nitrogens with one attached hydrogen (secondary N) is 1. The van der Waals surface area contributed by atoms with Crippen molar-refractivity contribution in [2.45, 2.75) is 13.0 Å². The first-order chi connectivity index (χ1) is 9.70. The van der Waals surface area contributed by atoms with E-state index >= 15 is 0 Å². The largest absolute Gasteiger partial charge is 0.497 e. The van der Waals surface area contributed by atoms with Crippen LogP contribution in [0.3, 0.4) is 0 Å². The Hall–Kier alpha value is -2.49. The maximum Gasteiger partial charge on any atom is 0.253 e. The van der Waals surface area contributed by atoms with Crippen LogP contribution in [0.4, 0.5) is 17.1 Å². The summed E-state index contributed by atoms with van der Waals surface area (Å²) in [5.74, 6) is 0.812. The highest BCUT2D eigenvalue weighted by Gasteiger charge is 2.30. The Bertz CT molecular complexity index is 637. The van der Waals surface area contributed by atoms with Crippen LogP contribution in [-0.2, 0) is 4.79 Å². The maximum atomic E-state index is 12.5. The van der Waals surface area contributed by atoms with Crippen LogP contribution in [0.5, 0.6) is 5.75 Å². The molecule has 20 heavy (non-hydrogen) atoms. The van der Waals surface area contributed by atoms with E-state index < -0.39 is 0 Å². The van der Waals surface area contributed by atoms with Gasteiger partial charge in [-0.1, -0.05) is 12.1 Å². The van der Waals surface area contributed by atoms with Gasteiger partial charge in [-0.25, -0.2) is 0 Å². The molecule has 2 aromatic carbocycles. The van der Waals surface area contributed by atoms with E-state index in [2.05, 4.69) is 5.32 Å². The first kappa shape index (κ1) is 12.5. The minimum absolute atomic E-state index is 0.0360. The molecule has 0 radical (unpaired) electrons. The molecule has 0 spiro atoms. The van der Waals surface area contributed by atoms with Gasteiger partial charge in [-0.3, -0.25) is 9.69 Å². The molecule has 1 amide bonds. The zero-order valence-electron chi connectivity index (χ0n) is 11.5. The molecule has 0 bridgehead atoms. The van der Waals surface area contributed by atoms with Gasteiger partial charge in [0.15, 0.2) is 0 Å². The van der Waals surface area contributed by atoms with Crippen molar-refractivity contribution in [3.8, 4) is 5.75 Å². The molecule has 1 N–H and O–H groups in total. The molecule has 1 heterocycles. The number of ether oxygens (including phenoxy) is 1. The molecule has 0 aromatic heterocycles. The third-order valence-corrected chi connectivity index (χ3v) is 3.44. The second-order valence-electron chi connectivity index (χ2n) is 4.75. The van der Waals surface area contributed by atoms with Crippen LogP contribution in [0.1, 0.15) is 6.92 Å². The Labute approximate surface area is 118 Å². The number of nitrogens with zero attached hydrogens (tertiary/aromatic N) is 1. The second-order valence-corrected chi connectivity index (χ2v) is 4.75. The highest BCUT2D eigenvalue weighted by atomic mass is 16.5. The fourth-order valence-electron chi connectivity index (χ4n) is 2.40. The molecule has 1 aliphatic rings. The number of carbonyl (C=O) groups excluding carboxylic acids is 1. The lowest BCUT2D eigenvalue weighted by molar-refractivity contribution is -0.118. The molecule has 1 aliphatic heterocycles. The number of anilines is 3. The summed E-state index contributed by atoms with van der Waals surface area (Å²) in [6.45, 7) is 1.87. The highest BCUT2D eigenvalue weighted by Crippen LogP contribution is 2.37. The topological polar surface area (TPSA) is 41.6 Å². The number of benzene rings is 2. The normalized spacial score (nSPS) is 17.4. The number of hydrogen-bond acceptors (Lipinski definition) is 3. The summed E-state index contributed by atoms with van der Waals surface area (Å²) < 4.78 is 5.16. The lowest BCUT2D eigenvalue weighted by Crippen LogP contribution is -2.43. The molecule has 0 saturated heterocycles. The van der Waals surface area contributed by atoms with Gasteiger partial charge < -0.3 is 10.1 Å². The first-order valence-corrected chi connectivity index (χ1v) is 6.54. The summed E-state index contributed by atoms with van der Waals surface area (Å²) in [6.07, 6.45) is 0. The van der Waals surface area contributed by atoms with Gasteiger partial charge in [-0.2, -0.15) is 0 Å². The number of amides is 1. The molecular formula is C16H16N2O2. The molecule has 0 fully saturated rings. The SMILES string of the molecule is COc1ccc(N2C(=O)C(C)Nc3ccccc32)cc1. The van der Waals surface area contributed by atoms with Crippen molar-refractivity contribution < 1.29 is 9.53 Å². The third kappa shape index (κ3) is 1.99. The molecule has 0 aliphatic carbocycles. The Morgan fingerprint density at radius 1 is 1.10 bits per heavy atom. The quantitative estimate of drug-likeness (QED) is 0.909. The number of methoxy groups -OCH3 is 1. The number of hydrogen-bond donors (Lipinski definition) is 1. The lowest BCUT2D eigenvalue weighted by Gasteiger charge is -2.33. The van der Waals surface area contributed by atoms with Crippen molar-refractivity contribution in [1.82, 2.24) is 0 Å². The summed E-state index contributed by atoms with van der Waals surface area (Å²) in [6, 6.07) is 15.1. The fraction of sp³-hybridized carbons (Fsp3) is 0.188. The van der Waals surface area contributed by atoms with Gasteiger partial charge in [-0.05, 0) is 43.3 Å². The Balaban J connectivity index is 2.08. The summed E-state index contributed by atoms with van der Waals surface area (Å²) in [4.78, 5) is 14.2. The van der Waals surface area contributed by atoms with Gasteiger partial charge in [0, 0.05) is 5.69 Å². The van der Waals surface area contributed by atoms with Crippen LogP contribution >= 0.6 is 0 Å². The monoisotopic (exact) mass is 268 g/mol. The van der Waals surface area contributed by atoms with Crippen molar-refractivity contribution in [3.05, 3.63) is 48.5 Å². The van der Waals surface area contributed by atoms with E-state index in [1.165, 1.54) is 0 Å². The fourth-order valence-corrected chi connectivity index (χ4v) is 2.40. The van der Waals surface area contributed by atoms with Crippen LogP contribution < -0.4 is 15.0 Å². The average Bonchev–Trinajstić information content (AvgIpc) is 2.49. The molecule has 1 unspecified atom stereocenters. The lowest BCUT2D eigenvalue weighted by atomic mass is 10.1. The second kappa shape index (κ2) is 4.89. The van der Waals surface area contributed by atoms with Crippen LogP contribution in [0, 0.1) is 0 Å². The predicted octanol–water partition coefficient (Wildman–Crippen LogP) is 3.17. The summed E-state index contributed by atoms with van der Waals surface area (Å²) in [7, 11) is 1.63. The standard InChI is InChI=1S/C16H16N2O2/c1-11-16(19)18(12-7-9-13(20-2)10-8-12)15-6-4-3-5-14(15)17-11/h3-11,17H,1-2H3. The third-order valence-electron chi connectivity index (χ3n) is 3.44. The Morgan fingerprint density at radius 3 is 2.50 bits per heavy atom.